The van der Waals surface area contributed by atoms with Gasteiger partial charge in [-0.25, -0.2) is 9.97 Å². The molecule has 4 rings (SSSR count). The maximum atomic E-state index is 11.8. The molecule has 34 heavy (non-hydrogen) atoms. The van der Waals surface area contributed by atoms with Crippen molar-refractivity contribution in [2.24, 2.45) is 0 Å². The minimum absolute atomic E-state index is 0.289. The quantitative estimate of drug-likeness (QED) is 0.398. The van der Waals surface area contributed by atoms with Gasteiger partial charge in [-0.1, -0.05) is 17.8 Å². The first-order valence-corrected chi connectivity index (χ1v) is 12.3. The van der Waals surface area contributed by atoms with Crippen LogP contribution in [0, 0.1) is 0 Å². The van der Waals surface area contributed by atoms with Gasteiger partial charge in [0.25, 0.3) is 5.91 Å². The molecule has 4 N–H and O–H groups in total. The molecular formula is C24H31N5O4S. The number of benzene rings is 1. The van der Waals surface area contributed by atoms with Gasteiger partial charge in [0.15, 0.2) is 17.1 Å². The van der Waals surface area contributed by atoms with E-state index in [1.54, 1.807) is 32.6 Å². The van der Waals surface area contributed by atoms with Gasteiger partial charge in [-0.3, -0.25) is 4.79 Å². The minimum atomic E-state index is -0.902. The number of anilines is 1. The fourth-order valence-electron chi connectivity index (χ4n) is 4.22. The van der Waals surface area contributed by atoms with Gasteiger partial charge in [0.2, 0.25) is 5.95 Å². The first kappa shape index (κ1) is 24.3. The summed E-state index contributed by atoms with van der Waals surface area (Å²) in [6.07, 6.45) is 8.52. The third-order valence-corrected chi connectivity index (χ3v) is 6.93. The van der Waals surface area contributed by atoms with E-state index in [4.69, 9.17) is 9.47 Å². The Morgan fingerprint density at radius 2 is 1.91 bits per heavy atom. The van der Waals surface area contributed by atoms with Crippen molar-refractivity contribution in [1.29, 1.82) is 0 Å². The maximum Gasteiger partial charge on any atom is 0.260 e. The fourth-order valence-corrected chi connectivity index (χ4v) is 4.99. The molecule has 9 nitrogen and oxygen atoms in total. The number of thioether (sulfide) groups is 1. The largest absolute Gasteiger partial charge is 0.493 e. The molecule has 182 valence electrons. The molecule has 1 aliphatic heterocycles. The normalized spacial score (nSPS) is 23.6. The van der Waals surface area contributed by atoms with Crippen molar-refractivity contribution in [2.75, 3.05) is 26.1 Å². The van der Waals surface area contributed by atoms with Gasteiger partial charge in [-0.2, -0.15) is 0 Å². The number of carbonyl (C=O) groups is 1. The van der Waals surface area contributed by atoms with Gasteiger partial charge in [-0.15, -0.1) is 0 Å². The Kier molecular flexibility index (Phi) is 8.25. The molecule has 2 aromatic rings. The summed E-state index contributed by atoms with van der Waals surface area (Å²) in [6.45, 7) is 0.915. The van der Waals surface area contributed by atoms with Crippen molar-refractivity contribution in [1.82, 2.24) is 20.6 Å². The number of carbonyl (C=O) groups excluding carboxylic acids is 1. The molecule has 1 unspecified atom stereocenters. The second-order valence-electron chi connectivity index (χ2n) is 8.34. The fraction of sp³-hybridized carbons (Fsp3) is 0.458. The Morgan fingerprint density at radius 3 is 2.62 bits per heavy atom. The summed E-state index contributed by atoms with van der Waals surface area (Å²) < 4.78 is 10.7. The number of methoxy groups -OCH3 is 2. The predicted molar refractivity (Wildman–Crippen MR) is 133 cm³/mol. The van der Waals surface area contributed by atoms with E-state index in [1.807, 2.05) is 12.1 Å². The summed E-state index contributed by atoms with van der Waals surface area (Å²) in [7, 11) is 3.30. The molecule has 1 aromatic heterocycles. The lowest BCUT2D eigenvalue weighted by atomic mass is 9.91. The number of hydrogen-bond donors (Lipinski definition) is 4. The van der Waals surface area contributed by atoms with Crippen LogP contribution in [0.2, 0.25) is 0 Å². The van der Waals surface area contributed by atoms with E-state index in [-0.39, 0.29) is 5.91 Å². The standard InChI is InChI=1S/C24H31N5O4S/c1-32-19-8-3-15(13-20(19)33-2)9-11-25-16-4-6-17(7-5-16)27-23-26-12-10-18(28-23)14-21-22(30)29-24(31)34-21/h3,8,10,12-14,16-17,24-25,31H,4-7,9,11H2,1-2H3,(H,29,30)(H,26,27,28)/b21-14-. The molecule has 1 atom stereocenters. The molecule has 2 heterocycles. The number of aliphatic hydroxyl groups is 1. The van der Waals surface area contributed by atoms with Crippen LogP contribution in [0.5, 0.6) is 11.5 Å². The number of aliphatic hydroxyl groups excluding tert-OH is 1. The lowest BCUT2D eigenvalue weighted by Crippen LogP contribution is -2.38. The molecule has 2 fully saturated rings. The first-order chi connectivity index (χ1) is 16.5. The summed E-state index contributed by atoms with van der Waals surface area (Å²) in [5.41, 5.74) is 0.950. The molecule has 0 radical (unpaired) electrons. The van der Waals surface area contributed by atoms with Crippen molar-refractivity contribution < 1.29 is 19.4 Å². The Balaban J connectivity index is 1.22. The van der Waals surface area contributed by atoms with Crippen LogP contribution in [0.15, 0.2) is 35.4 Å². The van der Waals surface area contributed by atoms with Crippen LogP contribution in [-0.2, 0) is 11.2 Å². The number of aromatic nitrogens is 2. The zero-order valence-electron chi connectivity index (χ0n) is 19.4. The van der Waals surface area contributed by atoms with Crippen molar-refractivity contribution in [3.05, 3.63) is 46.6 Å². The molecular weight excluding hydrogens is 454 g/mol. The topological polar surface area (TPSA) is 118 Å². The summed E-state index contributed by atoms with van der Waals surface area (Å²) in [5, 5.41) is 19.1. The van der Waals surface area contributed by atoms with Crippen LogP contribution in [0.1, 0.15) is 36.9 Å². The molecule has 1 amide bonds. The molecule has 0 bridgehead atoms. The van der Waals surface area contributed by atoms with Gasteiger partial charge >= 0.3 is 0 Å². The number of nitrogens with zero attached hydrogens (tertiary/aromatic N) is 2. The zero-order valence-corrected chi connectivity index (χ0v) is 20.2. The van der Waals surface area contributed by atoms with E-state index >= 15 is 0 Å². The van der Waals surface area contributed by atoms with Crippen molar-refractivity contribution in [3.8, 4) is 11.5 Å². The molecule has 2 aliphatic rings. The molecule has 10 heteroatoms. The van der Waals surface area contributed by atoms with E-state index in [0.29, 0.717) is 28.6 Å². The van der Waals surface area contributed by atoms with Crippen LogP contribution >= 0.6 is 11.8 Å². The predicted octanol–water partition coefficient (Wildman–Crippen LogP) is 2.53. The van der Waals surface area contributed by atoms with Crippen LogP contribution in [0.25, 0.3) is 6.08 Å². The highest BCUT2D eigenvalue weighted by Crippen LogP contribution is 2.29. The highest BCUT2D eigenvalue weighted by molar-refractivity contribution is 8.05. The number of nitrogens with one attached hydrogen (secondary N) is 3. The van der Waals surface area contributed by atoms with Gasteiger partial charge in [-0.05, 0) is 68.5 Å². The zero-order chi connectivity index (χ0) is 23.9. The van der Waals surface area contributed by atoms with Crippen molar-refractivity contribution >= 4 is 29.7 Å². The maximum absolute atomic E-state index is 11.8. The van der Waals surface area contributed by atoms with Gasteiger partial charge in [0.1, 0.15) is 0 Å². The number of amides is 1. The molecule has 1 saturated heterocycles. The lowest BCUT2D eigenvalue weighted by molar-refractivity contribution is -0.117. The highest BCUT2D eigenvalue weighted by atomic mass is 32.2. The lowest BCUT2D eigenvalue weighted by Gasteiger charge is -2.29. The Labute approximate surface area is 203 Å². The number of rotatable bonds is 9. The molecule has 0 spiro atoms. The SMILES string of the molecule is COc1ccc(CCNC2CCC(Nc3nccc(/C=C4\SC(O)NC4=O)n3)CC2)cc1OC. The van der Waals surface area contributed by atoms with Gasteiger partial charge in [0.05, 0.1) is 24.8 Å². The van der Waals surface area contributed by atoms with Gasteiger partial charge < -0.3 is 30.5 Å². The first-order valence-electron chi connectivity index (χ1n) is 11.4. The Hall–Kier alpha value is -2.82. The van der Waals surface area contributed by atoms with Crippen molar-refractivity contribution in [2.45, 2.75) is 49.7 Å². The third-order valence-electron chi connectivity index (χ3n) is 6.03. The number of ether oxygens (including phenoxy) is 2. The molecule has 1 saturated carbocycles. The summed E-state index contributed by atoms with van der Waals surface area (Å²) in [5.74, 6) is 1.78. The van der Waals surface area contributed by atoms with Crippen LogP contribution in [0.3, 0.4) is 0 Å². The average molecular weight is 486 g/mol. The highest BCUT2D eigenvalue weighted by Gasteiger charge is 2.25. The Morgan fingerprint density at radius 1 is 1.15 bits per heavy atom. The second-order valence-corrected chi connectivity index (χ2v) is 9.47. The van der Waals surface area contributed by atoms with E-state index in [9.17, 15) is 9.90 Å². The van der Waals surface area contributed by atoms with E-state index in [2.05, 4.69) is 32.0 Å². The monoisotopic (exact) mass is 485 g/mol. The van der Waals surface area contributed by atoms with E-state index in [0.717, 1.165) is 61.9 Å². The number of hydrogen-bond acceptors (Lipinski definition) is 9. The van der Waals surface area contributed by atoms with E-state index < -0.39 is 5.56 Å². The van der Waals surface area contributed by atoms with Gasteiger partial charge in [0, 0.05) is 18.3 Å². The van der Waals surface area contributed by atoms with Crippen molar-refractivity contribution in [3.63, 3.8) is 0 Å². The van der Waals surface area contributed by atoms with Crippen LogP contribution < -0.4 is 25.4 Å². The summed E-state index contributed by atoms with van der Waals surface area (Å²) in [6, 6.07) is 8.62. The molecule has 1 aliphatic carbocycles. The smallest absolute Gasteiger partial charge is 0.260 e. The molecule has 1 aromatic carbocycles. The Bertz CT molecular complexity index is 1030. The van der Waals surface area contributed by atoms with Crippen LogP contribution in [0.4, 0.5) is 5.95 Å². The van der Waals surface area contributed by atoms with E-state index in [1.165, 1.54) is 5.56 Å². The summed E-state index contributed by atoms with van der Waals surface area (Å²) in [4.78, 5) is 21.1. The van der Waals surface area contributed by atoms with Crippen LogP contribution in [-0.4, -0.2) is 59.4 Å². The minimum Gasteiger partial charge on any atom is -0.493 e. The third kappa shape index (κ3) is 6.40. The summed E-state index contributed by atoms with van der Waals surface area (Å²) >= 11 is 1.07. The second kappa shape index (κ2) is 11.5. The average Bonchev–Trinajstić information content (AvgIpc) is 3.16.